The van der Waals surface area contributed by atoms with Crippen molar-refractivity contribution in [2.45, 2.75) is 45.2 Å². The summed E-state index contributed by atoms with van der Waals surface area (Å²) in [6.07, 6.45) is 0. The van der Waals surface area contributed by atoms with Crippen LogP contribution in [0.3, 0.4) is 0 Å². The number of benzene rings is 1. The highest BCUT2D eigenvalue weighted by atomic mass is 32.2. The van der Waals surface area contributed by atoms with Gasteiger partial charge in [-0.15, -0.1) is 0 Å². The molecule has 1 saturated carbocycles. The van der Waals surface area contributed by atoms with Gasteiger partial charge in [0.05, 0.1) is 0 Å². The summed E-state index contributed by atoms with van der Waals surface area (Å²) in [4.78, 5) is -0.693. The van der Waals surface area contributed by atoms with Crippen molar-refractivity contribution < 1.29 is 17.2 Å². The van der Waals surface area contributed by atoms with Gasteiger partial charge in [0.25, 0.3) is 0 Å². The monoisotopic (exact) mass is 318 g/mol. The Bertz CT molecular complexity index is 670. The number of nitrogens with one attached hydrogen (secondary N) is 1. The first kappa shape index (κ1) is 16.3. The molecule has 0 heterocycles. The van der Waals surface area contributed by atoms with Crippen LogP contribution < -0.4 is 10.5 Å². The number of rotatable bonds is 4. The zero-order valence-corrected chi connectivity index (χ0v) is 13.3. The summed E-state index contributed by atoms with van der Waals surface area (Å²) in [6, 6.07) is 1.64. The largest absolute Gasteiger partial charge is 0.326 e. The van der Waals surface area contributed by atoms with Crippen LogP contribution in [-0.4, -0.2) is 14.5 Å². The molecule has 0 amide bonds. The van der Waals surface area contributed by atoms with Gasteiger partial charge >= 0.3 is 0 Å². The molecule has 21 heavy (non-hydrogen) atoms. The fraction of sp³-hybridized carbons (Fsp3) is 0.571. The van der Waals surface area contributed by atoms with Crippen LogP contribution >= 0.6 is 0 Å². The van der Waals surface area contributed by atoms with E-state index in [1.54, 1.807) is 0 Å². The van der Waals surface area contributed by atoms with E-state index in [-0.39, 0.29) is 29.0 Å². The van der Waals surface area contributed by atoms with E-state index in [2.05, 4.69) is 4.72 Å². The molecule has 1 fully saturated rings. The van der Waals surface area contributed by atoms with E-state index in [0.717, 1.165) is 12.1 Å². The predicted molar refractivity (Wildman–Crippen MR) is 75.9 cm³/mol. The van der Waals surface area contributed by atoms with E-state index in [1.807, 2.05) is 27.7 Å². The summed E-state index contributed by atoms with van der Waals surface area (Å²) >= 11 is 0. The van der Waals surface area contributed by atoms with Crippen LogP contribution in [0.4, 0.5) is 8.78 Å². The minimum atomic E-state index is -4.15. The lowest BCUT2D eigenvalue weighted by atomic mass is 10.0. The third-order valence-electron chi connectivity index (χ3n) is 4.87. The van der Waals surface area contributed by atoms with Crippen molar-refractivity contribution in [3.05, 3.63) is 29.3 Å². The molecule has 2 rings (SSSR count). The molecule has 1 aromatic carbocycles. The normalized spacial score (nSPS) is 20.5. The number of halogens is 2. The number of hydrogen-bond acceptors (Lipinski definition) is 3. The van der Waals surface area contributed by atoms with Gasteiger partial charge < -0.3 is 5.73 Å². The molecule has 0 unspecified atom stereocenters. The van der Waals surface area contributed by atoms with Gasteiger partial charge in [0.2, 0.25) is 10.0 Å². The maximum atomic E-state index is 13.8. The minimum Gasteiger partial charge on any atom is -0.326 e. The van der Waals surface area contributed by atoms with Crippen molar-refractivity contribution in [3.63, 3.8) is 0 Å². The Morgan fingerprint density at radius 1 is 1.19 bits per heavy atom. The van der Waals surface area contributed by atoms with Gasteiger partial charge in [-0.25, -0.2) is 21.9 Å². The molecule has 1 aliphatic carbocycles. The van der Waals surface area contributed by atoms with Crippen molar-refractivity contribution in [1.29, 1.82) is 0 Å². The van der Waals surface area contributed by atoms with E-state index < -0.39 is 26.6 Å². The average molecular weight is 318 g/mol. The third kappa shape index (κ3) is 2.47. The highest BCUT2D eigenvalue weighted by molar-refractivity contribution is 7.89. The predicted octanol–water partition coefficient (Wildman–Crippen LogP) is 2.14. The summed E-state index contributed by atoms with van der Waals surface area (Å²) < 4.78 is 54.5. The summed E-state index contributed by atoms with van der Waals surface area (Å²) in [7, 11) is -4.15. The number of nitrogens with two attached hydrogens (primary N) is 1. The molecule has 1 aromatic rings. The Morgan fingerprint density at radius 3 is 2.14 bits per heavy atom. The molecular weight excluding hydrogens is 298 g/mol. The van der Waals surface area contributed by atoms with Crippen LogP contribution in [-0.2, 0) is 16.6 Å². The molecule has 0 spiro atoms. The molecular formula is C14H20F2N2O2S. The van der Waals surface area contributed by atoms with Crippen molar-refractivity contribution in [2.75, 3.05) is 0 Å². The molecule has 7 heteroatoms. The number of sulfonamides is 1. The Morgan fingerprint density at radius 2 is 1.71 bits per heavy atom. The van der Waals surface area contributed by atoms with Gasteiger partial charge in [-0.3, -0.25) is 0 Å². The summed E-state index contributed by atoms with van der Waals surface area (Å²) in [6.45, 7) is 7.63. The Labute approximate surface area is 123 Å². The smallest absolute Gasteiger partial charge is 0.243 e. The van der Waals surface area contributed by atoms with Crippen LogP contribution in [0.1, 0.15) is 33.3 Å². The van der Waals surface area contributed by atoms with Gasteiger partial charge in [-0.2, -0.15) is 0 Å². The first-order valence-electron chi connectivity index (χ1n) is 6.65. The second kappa shape index (κ2) is 4.72. The lowest BCUT2D eigenvalue weighted by molar-refractivity contribution is 0.457. The fourth-order valence-corrected chi connectivity index (χ4v) is 4.31. The average Bonchev–Trinajstić information content (AvgIpc) is 2.74. The van der Waals surface area contributed by atoms with Crippen LogP contribution in [0.5, 0.6) is 0 Å². The van der Waals surface area contributed by atoms with Crippen LogP contribution in [0.15, 0.2) is 17.0 Å². The molecule has 0 atom stereocenters. The Balaban J connectivity index is 2.40. The highest BCUT2D eigenvalue weighted by Crippen LogP contribution is 2.62. The molecule has 4 nitrogen and oxygen atoms in total. The SMILES string of the molecule is CC1(C)C(NS(=O)(=O)c2cc(CN)cc(F)c2F)C1(C)C. The molecule has 0 radical (unpaired) electrons. The molecule has 3 N–H and O–H groups in total. The first-order chi connectivity index (χ1) is 9.45. The highest BCUT2D eigenvalue weighted by Gasteiger charge is 2.66. The quantitative estimate of drug-likeness (QED) is 0.893. The molecule has 118 valence electrons. The van der Waals surface area contributed by atoms with Gasteiger partial charge in [-0.05, 0) is 28.5 Å². The van der Waals surface area contributed by atoms with Gasteiger partial charge in [0, 0.05) is 12.6 Å². The summed E-state index contributed by atoms with van der Waals surface area (Å²) in [5.41, 5.74) is 5.10. The zero-order valence-electron chi connectivity index (χ0n) is 12.5. The molecule has 0 bridgehead atoms. The summed E-state index contributed by atoms with van der Waals surface area (Å²) in [5, 5.41) is 0. The number of hydrogen-bond donors (Lipinski definition) is 2. The van der Waals surface area contributed by atoms with Gasteiger partial charge in [-0.1, -0.05) is 27.7 Å². The summed E-state index contributed by atoms with van der Waals surface area (Å²) in [5.74, 6) is -2.59. The molecule has 0 aliphatic heterocycles. The van der Waals surface area contributed by atoms with Crippen molar-refractivity contribution in [2.24, 2.45) is 16.6 Å². The second-order valence-corrected chi connectivity index (χ2v) is 8.27. The fourth-order valence-electron chi connectivity index (χ4n) is 2.64. The second-order valence-electron chi connectivity index (χ2n) is 6.59. The van der Waals surface area contributed by atoms with Gasteiger partial charge in [0.15, 0.2) is 11.6 Å². The maximum Gasteiger partial charge on any atom is 0.243 e. The van der Waals surface area contributed by atoms with Crippen molar-refractivity contribution in [3.8, 4) is 0 Å². The van der Waals surface area contributed by atoms with E-state index in [1.165, 1.54) is 0 Å². The van der Waals surface area contributed by atoms with Crippen LogP contribution in [0.25, 0.3) is 0 Å². The van der Waals surface area contributed by atoms with E-state index in [4.69, 9.17) is 5.73 Å². The lowest BCUT2D eigenvalue weighted by Crippen LogP contribution is -2.31. The van der Waals surface area contributed by atoms with E-state index >= 15 is 0 Å². The van der Waals surface area contributed by atoms with Gasteiger partial charge in [0.1, 0.15) is 4.90 Å². The Hall–Kier alpha value is -1.05. The maximum absolute atomic E-state index is 13.8. The Kier molecular flexibility index (Phi) is 3.67. The van der Waals surface area contributed by atoms with Crippen LogP contribution in [0.2, 0.25) is 0 Å². The first-order valence-corrected chi connectivity index (χ1v) is 8.14. The zero-order chi connectivity index (χ0) is 16.2. The van der Waals surface area contributed by atoms with Crippen molar-refractivity contribution >= 4 is 10.0 Å². The molecule has 0 aromatic heterocycles. The van der Waals surface area contributed by atoms with Crippen LogP contribution in [0, 0.1) is 22.5 Å². The third-order valence-corrected chi connectivity index (χ3v) is 6.30. The molecule has 0 saturated heterocycles. The van der Waals surface area contributed by atoms with E-state index in [9.17, 15) is 17.2 Å². The topological polar surface area (TPSA) is 72.2 Å². The lowest BCUT2D eigenvalue weighted by Gasteiger charge is -2.11. The standard InChI is InChI=1S/C14H20F2N2O2S/c1-13(2)12(14(13,3)4)18-21(19,20)10-6-8(7-17)5-9(15)11(10)16/h5-6,12,18H,7,17H2,1-4H3. The molecule has 1 aliphatic rings. The minimum absolute atomic E-state index is 0.0693. The van der Waals surface area contributed by atoms with E-state index in [0.29, 0.717) is 0 Å². The van der Waals surface area contributed by atoms with Crippen molar-refractivity contribution in [1.82, 2.24) is 4.72 Å².